The molecule has 0 bridgehead atoms. The maximum absolute atomic E-state index is 13.4. The predicted octanol–water partition coefficient (Wildman–Crippen LogP) is 9.21. The smallest absolute Gasteiger partial charge is 0.195 e. The number of carbonyl (C=O) groups is 1. The Bertz CT molecular complexity index is 1840. The van der Waals surface area contributed by atoms with Crippen LogP contribution >= 0.6 is 0 Å². The molecule has 0 saturated carbocycles. The van der Waals surface area contributed by atoms with E-state index >= 15 is 0 Å². The number of H-pyrrole nitrogens is 1. The third-order valence-electron chi connectivity index (χ3n) is 7.57. The lowest BCUT2D eigenvalue weighted by Gasteiger charge is -2.19. The number of para-hydroxylation sites is 3. The summed E-state index contributed by atoms with van der Waals surface area (Å²) in [6, 6.07) is 38.3. The molecular weight excluding hydrogens is 504 g/mol. The van der Waals surface area contributed by atoms with Crippen molar-refractivity contribution >= 4 is 39.0 Å². The van der Waals surface area contributed by atoms with Gasteiger partial charge in [0.2, 0.25) is 0 Å². The zero-order valence-electron chi connectivity index (χ0n) is 23.7. The van der Waals surface area contributed by atoms with Crippen molar-refractivity contribution in [1.29, 1.82) is 0 Å². The molecule has 5 aromatic carbocycles. The van der Waals surface area contributed by atoms with Gasteiger partial charge >= 0.3 is 0 Å². The monoisotopic (exact) mass is 538 g/mol. The van der Waals surface area contributed by atoms with E-state index in [0.29, 0.717) is 17.7 Å². The van der Waals surface area contributed by atoms with Gasteiger partial charge in [-0.3, -0.25) is 4.79 Å². The summed E-state index contributed by atoms with van der Waals surface area (Å²) >= 11 is 0. The number of ether oxygens (including phenoxy) is 1. The Morgan fingerprint density at radius 3 is 2.34 bits per heavy atom. The van der Waals surface area contributed by atoms with Gasteiger partial charge in [0.15, 0.2) is 5.78 Å². The van der Waals surface area contributed by atoms with E-state index in [2.05, 4.69) is 73.5 Å². The lowest BCUT2D eigenvalue weighted by molar-refractivity contribution is 0.103. The first-order valence-corrected chi connectivity index (χ1v) is 14.1. The highest BCUT2D eigenvalue weighted by Crippen LogP contribution is 2.29. The molecule has 0 atom stereocenters. The normalized spacial score (nSPS) is 11.6. The molecule has 1 aromatic heterocycles. The Kier molecular flexibility index (Phi) is 7.07. The summed E-state index contributed by atoms with van der Waals surface area (Å²) in [5, 5.41) is 5.92. The molecule has 41 heavy (non-hydrogen) atoms. The van der Waals surface area contributed by atoms with Crippen molar-refractivity contribution in [2.24, 2.45) is 0 Å². The predicted molar refractivity (Wildman–Crippen MR) is 170 cm³/mol. The van der Waals surface area contributed by atoms with Gasteiger partial charge in [-0.25, -0.2) is 0 Å². The van der Waals surface area contributed by atoms with E-state index in [9.17, 15) is 4.79 Å². The number of benzene rings is 5. The highest BCUT2D eigenvalue weighted by molar-refractivity contribution is 6.12. The first-order valence-electron chi connectivity index (χ1n) is 14.1. The number of nitrogens with one attached hydrogen (secondary N) is 2. The molecule has 4 nitrogen and oxygen atoms in total. The van der Waals surface area contributed by atoms with Crippen LogP contribution in [0, 0.1) is 0 Å². The van der Waals surface area contributed by atoms with Crippen molar-refractivity contribution in [3.63, 3.8) is 0 Å². The van der Waals surface area contributed by atoms with Crippen LogP contribution in [0.1, 0.15) is 47.8 Å². The first-order chi connectivity index (χ1) is 19.9. The van der Waals surface area contributed by atoms with Crippen molar-refractivity contribution in [2.45, 2.75) is 32.6 Å². The Labute approximate surface area is 241 Å². The van der Waals surface area contributed by atoms with E-state index in [4.69, 9.17) is 4.74 Å². The fraction of sp³-hybridized carbons (Fsp3) is 0.162. The SMILES string of the molecule is CC(C)(C)c1ccc(C(=O)c2ccccc2Nc2cccc(OCCc3cccc4c3[nH]c3ccccc34)c2)cc1. The first kappa shape index (κ1) is 26.4. The largest absolute Gasteiger partial charge is 0.493 e. The van der Waals surface area contributed by atoms with Crippen LogP contribution in [-0.2, 0) is 11.8 Å². The van der Waals surface area contributed by atoms with Gasteiger partial charge in [0.05, 0.1) is 6.61 Å². The molecule has 0 spiro atoms. The average Bonchev–Trinajstić information content (AvgIpc) is 3.37. The summed E-state index contributed by atoms with van der Waals surface area (Å²) in [6.07, 6.45) is 0.785. The van der Waals surface area contributed by atoms with Crippen molar-refractivity contribution in [3.8, 4) is 5.75 Å². The molecule has 0 aliphatic rings. The number of ketones is 1. The summed E-state index contributed by atoms with van der Waals surface area (Å²) in [7, 11) is 0. The van der Waals surface area contributed by atoms with Gasteiger partial charge < -0.3 is 15.0 Å². The molecule has 0 aliphatic heterocycles. The van der Waals surface area contributed by atoms with Gasteiger partial charge in [-0.05, 0) is 46.9 Å². The molecule has 6 aromatic rings. The number of carbonyl (C=O) groups excluding carboxylic acids is 1. The number of hydrogen-bond acceptors (Lipinski definition) is 3. The summed E-state index contributed by atoms with van der Waals surface area (Å²) in [4.78, 5) is 17.0. The second-order valence-electron chi connectivity index (χ2n) is 11.5. The fourth-order valence-electron chi connectivity index (χ4n) is 5.31. The van der Waals surface area contributed by atoms with E-state index in [1.54, 1.807) is 0 Å². The van der Waals surface area contributed by atoms with Crippen molar-refractivity contribution in [3.05, 3.63) is 138 Å². The van der Waals surface area contributed by atoms with Crippen LogP contribution in [0.25, 0.3) is 21.8 Å². The van der Waals surface area contributed by atoms with E-state index in [-0.39, 0.29) is 11.2 Å². The van der Waals surface area contributed by atoms with Crippen molar-refractivity contribution in [2.75, 3.05) is 11.9 Å². The topological polar surface area (TPSA) is 54.1 Å². The molecule has 6 rings (SSSR count). The zero-order chi connectivity index (χ0) is 28.4. The number of hydrogen-bond donors (Lipinski definition) is 2. The number of fused-ring (bicyclic) bond motifs is 3. The van der Waals surface area contributed by atoms with Gasteiger partial charge in [-0.1, -0.05) is 99.6 Å². The molecule has 0 fully saturated rings. The second-order valence-corrected chi connectivity index (χ2v) is 11.5. The molecular formula is C37H34N2O2. The molecule has 4 heteroatoms. The fourth-order valence-corrected chi connectivity index (χ4v) is 5.31. The molecule has 0 aliphatic carbocycles. The van der Waals surface area contributed by atoms with Crippen LogP contribution in [-0.4, -0.2) is 17.4 Å². The van der Waals surface area contributed by atoms with Gasteiger partial charge in [0.1, 0.15) is 5.75 Å². The zero-order valence-corrected chi connectivity index (χ0v) is 23.7. The van der Waals surface area contributed by atoms with Crippen molar-refractivity contribution < 1.29 is 9.53 Å². The van der Waals surface area contributed by atoms with Crippen LogP contribution in [0.15, 0.2) is 115 Å². The molecule has 0 saturated heterocycles. The van der Waals surface area contributed by atoms with E-state index in [1.165, 1.54) is 27.4 Å². The summed E-state index contributed by atoms with van der Waals surface area (Å²) < 4.78 is 6.18. The highest BCUT2D eigenvalue weighted by Gasteiger charge is 2.17. The Balaban J connectivity index is 1.15. The third-order valence-corrected chi connectivity index (χ3v) is 7.57. The van der Waals surface area contributed by atoms with Crippen molar-refractivity contribution in [1.82, 2.24) is 4.98 Å². The maximum Gasteiger partial charge on any atom is 0.195 e. The molecule has 0 amide bonds. The maximum atomic E-state index is 13.4. The summed E-state index contributed by atoms with van der Waals surface area (Å²) in [6.45, 7) is 7.07. The van der Waals surface area contributed by atoms with E-state index in [1.807, 2.05) is 72.8 Å². The van der Waals surface area contributed by atoms with Crippen LogP contribution in [0.2, 0.25) is 0 Å². The molecule has 0 radical (unpaired) electrons. The number of anilines is 2. The quantitative estimate of drug-likeness (QED) is 0.190. The summed E-state index contributed by atoms with van der Waals surface area (Å²) in [5.41, 5.74) is 7.73. The third kappa shape index (κ3) is 5.59. The Morgan fingerprint density at radius 2 is 1.51 bits per heavy atom. The molecule has 204 valence electrons. The van der Waals surface area contributed by atoms with Gasteiger partial charge in [0.25, 0.3) is 0 Å². The minimum Gasteiger partial charge on any atom is -0.493 e. The lowest BCUT2D eigenvalue weighted by Crippen LogP contribution is -2.11. The van der Waals surface area contributed by atoms with Crippen LogP contribution in [0.5, 0.6) is 5.75 Å². The molecule has 1 heterocycles. The minimum atomic E-state index is -0.00730. The van der Waals surface area contributed by atoms with Gasteiger partial charge in [0, 0.05) is 56.8 Å². The van der Waals surface area contributed by atoms with Gasteiger partial charge in [-0.15, -0.1) is 0 Å². The molecule has 2 N–H and O–H groups in total. The van der Waals surface area contributed by atoms with Crippen LogP contribution in [0.4, 0.5) is 11.4 Å². The van der Waals surface area contributed by atoms with E-state index in [0.717, 1.165) is 29.1 Å². The van der Waals surface area contributed by atoms with E-state index < -0.39 is 0 Å². The van der Waals surface area contributed by atoms with Crippen LogP contribution < -0.4 is 10.1 Å². The van der Waals surface area contributed by atoms with Crippen LogP contribution in [0.3, 0.4) is 0 Å². The number of rotatable bonds is 8. The number of aromatic amines is 1. The Hall–Kier alpha value is -4.83. The average molecular weight is 539 g/mol. The minimum absolute atomic E-state index is 0.00730. The Morgan fingerprint density at radius 1 is 0.780 bits per heavy atom. The summed E-state index contributed by atoms with van der Waals surface area (Å²) in [5.74, 6) is 0.771. The van der Waals surface area contributed by atoms with Gasteiger partial charge in [-0.2, -0.15) is 0 Å². The molecule has 0 unspecified atom stereocenters. The standard InChI is InChI=1S/C37H34N2O2/c1-37(2,3)27-20-18-26(19-21-27)36(40)32-14-5-7-17-34(32)38-28-11-9-12-29(24-28)41-23-22-25-10-8-15-31-30-13-4-6-16-33(30)39-35(25)31/h4-21,24,38-39H,22-23H2,1-3H3. The highest BCUT2D eigenvalue weighted by atomic mass is 16.5. The number of aromatic nitrogens is 1. The second kappa shape index (κ2) is 11.0. The lowest BCUT2D eigenvalue weighted by atomic mass is 9.86.